The third-order valence-corrected chi connectivity index (χ3v) is 3.51. The second-order valence-electron chi connectivity index (χ2n) is 5.10. The first-order valence-corrected chi connectivity index (χ1v) is 6.92. The summed E-state index contributed by atoms with van der Waals surface area (Å²) in [5.74, 6) is -1.09. The van der Waals surface area contributed by atoms with Crippen LogP contribution in [0.15, 0.2) is 54.6 Å². The lowest BCUT2D eigenvalue weighted by Crippen LogP contribution is -2.06. The van der Waals surface area contributed by atoms with Gasteiger partial charge in [-0.25, -0.2) is 4.79 Å². The summed E-state index contributed by atoms with van der Waals surface area (Å²) in [6.45, 7) is 0. The van der Waals surface area contributed by atoms with Gasteiger partial charge in [0.25, 0.3) is 0 Å². The molecule has 0 fully saturated rings. The smallest absolute Gasteiger partial charge is 0.417 e. The van der Waals surface area contributed by atoms with E-state index in [9.17, 15) is 18.0 Å². The van der Waals surface area contributed by atoms with Crippen molar-refractivity contribution < 1.29 is 23.1 Å². The van der Waals surface area contributed by atoms with Crippen molar-refractivity contribution in [2.24, 2.45) is 0 Å². The minimum absolute atomic E-state index is 0.0156. The third kappa shape index (κ3) is 3.01. The number of carbonyl (C=O) groups is 1. The van der Waals surface area contributed by atoms with Crippen LogP contribution in [0.5, 0.6) is 0 Å². The molecule has 0 aliphatic heterocycles. The lowest BCUT2D eigenvalue weighted by Gasteiger charge is -2.10. The predicted octanol–water partition coefficient (Wildman–Crippen LogP) is 4.46. The Hall–Kier alpha value is -3.09. The molecule has 4 nitrogen and oxygen atoms in total. The summed E-state index contributed by atoms with van der Waals surface area (Å²) < 4.78 is 39.3. The Morgan fingerprint density at radius 3 is 2.50 bits per heavy atom. The number of nitrogens with one attached hydrogen (secondary N) is 1. The summed E-state index contributed by atoms with van der Waals surface area (Å²) >= 11 is 0. The van der Waals surface area contributed by atoms with Crippen molar-refractivity contribution in [2.75, 3.05) is 0 Å². The Balaban J connectivity index is 2.04. The van der Waals surface area contributed by atoms with E-state index < -0.39 is 17.7 Å². The van der Waals surface area contributed by atoms with Crippen LogP contribution in [-0.2, 0) is 6.18 Å². The summed E-state index contributed by atoms with van der Waals surface area (Å²) in [4.78, 5) is 11.0. The number of benzene rings is 2. The summed E-state index contributed by atoms with van der Waals surface area (Å²) in [7, 11) is 0. The molecule has 0 saturated heterocycles. The van der Waals surface area contributed by atoms with E-state index in [1.807, 2.05) is 0 Å². The number of halogens is 3. The molecule has 1 aromatic heterocycles. The first-order chi connectivity index (χ1) is 11.4. The summed E-state index contributed by atoms with van der Waals surface area (Å²) in [6, 6.07) is 12.7. The molecular weight excluding hydrogens is 321 g/mol. The Kier molecular flexibility index (Phi) is 3.84. The number of hydrogen-bond acceptors (Lipinski definition) is 2. The molecule has 1 heterocycles. The molecular formula is C17H11F3N2O2. The molecule has 0 unspecified atom stereocenters. The van der Waals surface area contributed by atoms with Gasteiger partial charge in [0.05, 0.1) is 22.5 Å². The molecule has 0 radical (unpaired) electrons. The number of aromatic carboxylic acids is 1. The fourth-order valence-corrected chi connectivity index (χ4v) is 2.38. The molecule has 0 amide bonds. The highest BCUT2D eigenvalue weighted by Crippen LogP contribution is 2.37. The normalized spacial score (nSPS) is 11.5. The zero-order valence-electron chi connectivity index (χ0n) is 12.1. The maximum absolute atomic E-state index is 13.1. The van der Waals surface area contributed by atoms with Crippen molar-refractivity contribution in [3.63, 3.8) is 0 Å². The SMILES string of the molecule is O=C(O)c1cccc(-c2cc(-c3ccccc3C(F)(F)F)[nH]n2)c1. The number of rotatable bonds is 3. The quantitative estimate of drug-likeness (QED) is 0.744. The Labute approximate surface area is 134 Å². The maximum Gasteiger partial charge on any atom is 0.417 e. The molecule has 0 aliphatic rings. The van der Waals surface area contributed by atoms with E-state index in [0.717, 1.165) is 6.07 Å². The standard InChI is InChI=1S/C17H11F3N2O2/c18-17(19,20)13-7-2-1-6-12(13)15-9-14(21-22-15)10-4-3-5-11(8-10)16(23)24/h1-9H,(H,21,22)(H,23,24). The number of H-pyrrole nitrogens is 1. The van der Waals surface area contributed by atoms with Crippen molar-refractivity contribution >= 4 is 5.97 Å². The van der Waals surface area contributed by atoms with E-state index in [0.29, 0.717) is 11.3 Å². The van der Waals surface area contributed by atoms with E-state index in [1.54, 1.807) is 12.1 Å². The second kappa shape index (κ2) is 5.84. The van der Waals surface area contributed by atoms with Crippen LogP contribution >= 0.6 is 0 Å². The van der Waals surface area contributed by atoms with E-state index in [4.69, 9.17) is 5.11 Å². The number of carboxylic acid groups (broad SMARTS) is 1. The molecule has 0 atom stereocenters. The Morgan fingerprint density at radius 1 is 1.04 bits per heavy atom. The Bertz CT molecular complexity index is 901. The minimum atomic E-state index is -4.48. The largest absolute Gasteiger partial charge is 0.478 e. The van der Waals surface area contributed by atoms with Crippen LogP contribution in [-0.4, -0.2) is 21.3 Å². The molecule has 0 bridgehead atoms. The average Bonchev–Trinajstić information content (AvgIpc) is 3.04. The number of alkyl halides is 3. The van der Waals surface area contributed by atoms with Crippen LogP contribution < -0.4 is 0 Å². The van der Waals surface area contributed by atoms with Gasteiger partial charge < -0.3 is 5.11 Å². The molecule has 7 heteroatoms. The summed E-state index contributed by atoms with van der Waals surface area (Å²) in [5, 5.41) is 15.6. The number of nitrogens with zero attached hydrogens (tertiary/aromatic N) is 1. The second-order valence-corrected chi connectivity index (χ2v) is 5.10. The third-order valence-electron chi connectivity index (χ3n) is 3.51. The minimum Gasteiger partial charge on any atom is -0.478 e. The first-order valence-electron chi connectivity index (χ1n) is 6.92. The molecule has 0 spiro atoms. The van der Waals surface area contributed by atoms with Gasteiger partial charge in [-0.1, -0.05) is 30.3 Å². The van der Waals surface area contributed by atoms with Crippen LogP contribution in [0.1, 0.15) is 15.9 Å². The van der Waals surface area contributed by atoms with Gasteiger partial charge in [-0.2, -0.15) is 18.3 Å². The van der Waals surface area contributed by atoms with Gasteiger partial charge in [0, 0.05) is 11.1 Å². The van der Waals surface area contributed by atoms with Crippen LogP contribution in [0.3, 0.4) is 0 Å². The van der Waals surface area contributed by atoms with Crippen LogP contribution in [0.25, 0.3) is 22.5 Å². The highest BCUT2D eigenvalue weighted by atomic mass is 19.4. The fraction of sp³-hybridized carbons (Fsp3) is 0.0588. The molecule has 122 valence electrons. The van der Waals surface area contributed by atoms with Gasteiger partial charge in [0.1, 0.15) is 0 Å². The van der Waals surface area contributed by atoms with Crippen molar-refractivity contribution in [1.82, 2.24) is 10.2 Å². The maximum atomic E-state index is 13.1. The zero-order valence-corrected chi connectivity index (χ0v) is 12.1. The van der Waals surface area contributed by atoms with Gasteiger partial charge in [0.2, 0.25) is 0 Å². The summed E-state index contributed by atoms with van der Waals surface area (Å²) in [5.41, 5.74) is 0.371. The molecule has 24 heavy (non-hydrogen) atoms. The molecule has 3 aromatic rings. The Morgan fingerprint density at radius 2 is 1.79 bits per heavy atom. The molecule has 0 saturated carbocycles. The number of carboxylic acids is 1. The van der Waals surface area contributed by atoms with E-state index in [1.165, 1.54) is 36.4 Å². The van der Waals surface area contributed by atoms with Crippen LogP contribution in [0, 0.1) is 0 Å². The monoisotopic (exact) mass is 332 g/mol. The van der Waals surface area contributed by atoms with Gasteiger partial charge >= 0.3 is 12.1 Å². The van der Waals surface area contributed by atoms with Crippen molar-refractivity contribution in [2.45, 2.75) is 6.18 Å². The van der Waals surface area contributed by atoms with E-state index in [2.05, 4.69) is 10.2 Å². The van der Waals surface area contributed by atoms with Gasteiger partial charge in [-0.05, 0) is 24.3 Å². The van der Waals surface area contributed by atoms with Crippen molar-refractivity contribution in [3.8, 4) is 22.5 Å². The summed E-state index contributed by atoms with van der Waals surface area (Å²) in [6.07, 6.45) is -4.48. The van der Waals surface area contributed by atoms with Crippen LogP contribution in [0.4, 0.5) is 13.2 Å². The number of hydrogen-bond donors (Lipinski definition) is 2. The fourth-order valence-electron chi connectivity index (χ4n) is 2.38. The van der Waals surface area contributed by atoms with E-state index >= 15 is 0 Å². The van der Waals surface area contributed by atoms with Gasteiger partial charge in [-0.15, -0.1) is 0 Å². The highest BCUT2D eigenvalue weighted by Gasteiger charge is 2.33. The van der Waals surface area contributed by atoms with Gasteiger partial charge in [0.15, 0.2) is 0 Å². The van der Waals surface area contributed by atoms with Gasteiger partial charge in [-0.3, -0.25) is 5.10 Å². The lowest BCUT2D eigenvalue weighted by atomic mass is 10.0. The van der Waals surface area contributed by atoms with E-state index in [-0.39, 0.29) is 16.8 Å². The zero-order chi connectivity index (χ0) is 17.3. The molecule has 2 aromatic carbocycles. The number of aromatic nitrogens is 2. The molecule has 0 aliphatic carbocycles. The van der Waals surface area contributed by atoms with Crippen molar-refractivity contribution in [3.05, 3.63) is 65.7 Å². The highest BCUT2D eigenvalue weighted by molar-refractivity contribution is 5.89. The van der Waals surface area contributed by atoms with Crippen molar-refractivity contribution in [1.29, 1.82) is 0 Å². The number of aromatic amines is 1. The average molecular weight is 332 g/mol. The molecule has 3 rings (SSSR count). The first kappa shape index (κ1) is 15.8. The lowest BCUT2D eigenvalue weighted by molar-refractivity contribution is -0.137. The molecule has 2 N–H and O–H groups in total. The van der Waals surface area contributed by atoms with Crippen LogP contribution in [0.2, 0.25) is 0 Å². The topological polar surface area (TPSA) is 66.0 Å². The predicted molar refractivity (Wildman–Crippen MR) is 81.4 cm³/mol.